The lowest BCUT2D eigenvalue weighted by atomic mass is 9.80. The standard InChI is InChI=1S/C17H21BrO2/c1-11(2)20-15-7-13-9-19-10-17(13)16(8-15)12-3-5-14(18)6-4-12/h3-6,11,13,15H,7-10H2,1-2H3/t13-,15+/m0/s1. The zero-order valence-corrected chi connectivity index (χ0v) is 13.7. The molecule has 20 heavy (non-hydrogen) atoms. The SMILES string of the molecule is CC(C)O[C@H]1CC(c2ccc(Br)cc2)=C2COC[C@@H]2C1. The lowest BCUT2D eigenvalue weighted by Gasteiger charge is -2.31. The molecule has 0 amide bonds. The van der Waals surface area contributed by atoms with Gasteiger partial charge in [-0.2, -0.15) is 0 Å². The molecule has 0 spiro atoms. The number of hydrogen-bond donors (Lipinski definition) is 0. The first-order valence-corrected chi connectivity index (χ1v) is 8.14. The van der Waals surface area contributed by atoms with Gasteiger partial charge in [0, 0.05) is 10.4 Å². The Morgan fingerprint density at radius 3 is 2.70 bits per heavy atom. The van der Waals surface area contributed by atoms with Crippen LogP contribution >= 0.6 is 15.9 Å². The van der Waals surface area contributed by atoms with E-state index in [0.29, 0.717) is 12.0 Å². The van der Waals surface area contributed by atoms with Crippen LogP contribution < -0.4 is 0 Å². The number of fused-ring (bicyclic) bond motifs is 1. The third-order valence-corrected chi connectivity index (χ3v) is 4.62. The van der Waals surface area contributed by atoms with E-state index in [9.17, 15) is 0 Å². The molecule has 1 fully saturated rings. The van der Waals surface area contributed by atoms with Crippen LogP contribution in [0.25, 0.3) is 5.57 Å². The fourth-order valence-electron chi connectivity index (χ4n) is 3.28. The Balaban J connectivity index is 1.90. The second-order valence-electron chi connectivity index (χ2n) is 5.97. The summed E-state index contributed by atoms with van der Waals surface area (Å²) in [6.45, 7) is 5.88. The van der Waals surface area contributed by atoms with Gasteiger partial charge < -0.3 is 9.47 Å². The largest absolute Gasteiger partial charge is 0.376 e. The highest BCUT2D eigenvalue weighted by molar-refractivity contribution is 9.10. The van der Waals surface area contributed by atoms with E-state index in [1.54, 1.807) is 0 Å². The van der Waals surface area contributed by atoms with Crippen LogP contribution in [-0.4, -0.2) is 25.4 Å². The molecule has 1 heterocycles. The van der Waals surface area contributed by atoms with Crippen LogP contribution in [0.1, 0.15) is 32.3 Å². The van der Waals surface area contributed by atoms with E-state index in [4.69, 9.17) is 9.47 Å². The van der Waals surface area contributed by atoms with Gasteiger partial charge in [0.2, 0.25) is 0 Å². The molecule has 0 unspecified atom stereocenters. The summed E-state index contributed by atoms with van der Waals surface area (Å²) in [5.74, 6) is 0.547. The van der Waals surface area contributed by atoms with Crippen molar-refractivity contribution in [2.24, 2.45) is 5.92 Å². The van der Waals surface area contributed by atoms with E-state index in [-0.39, 0.29) is 6.10 Å². The van der Waals surface area contributed by atoms with Crippen LogP contribution in [0.3, 0.4) is 0 Å². The van der Waals surface area contributed by atoms with E-state index >= 15 is 0 Å². The normalized spacial score (nSPS) is 26.2. The zero-order valence-electron chi connectivity index (χ0n) is 12.1. The predicted octanol–water partition coefficient (Wildman–Crippen LogP) is 4.44. The summed E-state index contributed by atoms with van der Waals surface area (Å²) in [4.78, 5) is 0. The first-order valence-electron chi connectivity index (χ1n) is 7.34. The summed E-state index contributed by atoms with van der Waals surface area (Å²) in [6.07, 6.45) is 2.72. The van der Waals surface area contributed by atoms with Gasteiger partial charge in [0.25, 0.3) is 0 Å². The van der Waals surface area contributed by atoms with Crippen LogP contribution in [0.4, 0.5) is 0 Å². The van der Waals surface area contributed by atoms with Crippen molar-refractivity contribution in [3.63, 3.8) is 0 Å². The molecular formula is C17H21BrO2. The highest BCUT2D eigenvalue weighted by atomic mass is 79.9. The van der Waals surface area contributed by atoms with Crippen LogP contribution in [0, 0.1) is 5.92 Å². The van der Waals surface area contributed by atoms with E-state index < -0.39 is 0 Å². The number of hydrogen-bond acceptors (Lipinski definition) is 2. The molecule has 0 radical (unpaired) electrons. The van der Waals surface area contributed by atoms with Crippen molar-refractivity contribution in [2.45, 2.75) is 38.9 Å². The second-order valence-corrected chi connectivity index (χ2v) is 6.89. The molecule has 0 saturated carbocycles. The monoisotopic (exact) mass is 336 g/mol. The Kier molecular flexibility index (Phi) is 4.29. The average molecular weight is 337 g/mol. The van der Waals surface area contributed by atoms with Crippen molar-refractivity contribution in [1.29, 1.82) is 0 Å². The van der Waals surface area contributed by atoms with Gasteiger partial charge in [-0.3, -0.25) is 0 Å². The quantitative estimate of drug-likeness (QED) is 0.812. The maximum atomic E-state index is 6.08. The molecule has 2 aliphatic rings. The lowest BCUT2D eigenvalue weighted by molar-refractivity contribution is -0.00388. The molecule has 3 heteroatoms. The molecule has 0 N–H and O–H groups in total. The highest BCUT2D eigenvalue weighted by Crippen LogP contribution is 2.41. The van der Waals surface area contributed by atoms with Crippen molar-refractivity contribution in [3.05, 3.63) is 39.9 Å². The molecule has 108 valence electrons. The van der Waals surface area contributed by atoms with Crippen LogP contribution in [0.15, 0.2) is 34.3 Å². The lowest BCUT2D eigenvalue weighted by Crippen LogP contribution is -2.27. The van der Waals surface area contributed by atoms with Crippen LogP contribution in [-0.2, 0) is 9.47 Å². The van der Waals surface area contributed by atoms with Crippen LogP contribution in [0.2, 0.25) is 0 Å². The van der Waals surface area contributed by atoms with E-state index in [2.05, 4.69) is 54.0 Å². The van der Waals surface area contributed by atoms with Crippen LogP contribution in [0.5, 0.6) is 0 Å². The first kappa shape index (κ1) is 14.3. The third kappa shape index (κ3) is 3.00. The summed E-state index contributed by atoms with van der Waals surface area (Å²) in [7, 11) is 0. The molecule has 0 bridgehead atoms. The Morgan fingerprint density at radius 2 is 2.00 bits per heavy atom. The number of ether oxygens (including phenoxy) is 2. The van der Waals surface area contributed by atoms with Crippen molar-refractivity contribution in [1.82, 2.24) is 0 Å². The zero-order chi connectivity index (χ0) is 14.1. The fourth-order valence-corrected chi connectivity index (χ4v) is 3.54. The maximum absolute atomic E-state index is 6.08. The summed E-state index contributed by atoms with van der Waals surface area (Å²) < 4.78 is 12.9. The minimum absolute atomic E-state index is 0.287. The molecule has 1 aromatic carbocycles. The van der Waals surface area contributed by atoms with Crippen molar-refractivity contribution < 1.29 is 9.47 Å². The molecule has 2 atom stereocenters. The Bertz CT molecular complexity index is 504. The summed E-state index contributed by atoms with van der Waals surface area (Å²) in [6, 6.07) is 8.61. The summed E-state index contributed by atoms with van der Waals surface area (Å²) in [5.41, 5.74) is 4.25. The van der Waals surface area contributed by atoms with E-state index in [1.807, 2.05) is 0 Å². The molecule has 1 aliphatic carbocycles. The third-order valence-electron chi connectivity index (χ3n) is 4.09. The second kappa shape index (κ2) is 6.00. The number of halogens is 1. The topological polar surface area (TPSA) is 18.5 Å². The Hall–Kier alpha value is -0.640. The van der Waals surface area contributed by atoms with Gasteiger partial charge >= 0.3 is 0 Å². The molecule has 0 aromatic heterocycles. The van der Waals surface area contributed by atoms with Crippen molar-refractivity contribution in [3.8, 4) is 0 Å². The number of rotatable bonds is 3. The van der Waals surface area contributed by atoms with Gasteiger partial charge in [0.15, 0.2) is 0 Å². The van der Waals surface area contributed by atoms with Gasteiger partial charge in [0.05, 0.1) is 25.4 Å². The van der Waals surface area contributed by atoms with Gasteiger partial charge in [-0.05, 0) is 55.5 Å². The summed E-state index contributed by atoms with van der Waals surface area (Å²) >= 11 is 3.51. The molecular weight excluding hydrogens is 316 g/mol. The van der Waals surface area contributed by atoms with Gasteiger partial charge in [-0.25, -0.2) is 0 Å². The average Bonchev–Trinajstić information content (AvgIpc) is 2.86. The van der Waals surface area contributed by atoms with Crippen molar-refractivity contribution in [2.75, 3.05) is 13.2 Å². The van der Waals surface area contributed by atoms with Gasteiger partial charge in [-0.1, -0.05) is 28.1 Å². The van der Waals surface area contributed by atoms with Gasteiger partial charge in [-0.15, -0.1) is 0 Å². The van der Waals surface area contributed by atoms with Crippen molar-refractivity contribution >= 4 is 21.5 Å². The summed E-state index contributed by atoms with van der Waals surface area (Å²) in [5, 5.41) is 0. The minimum Gasteiger partial charge on any atom is -0.376 e. The molecule has 1 saturated heterocycles. The Morgan fingerprint density at radius 1 is 1.25 bits per heavy atom. The number of benzene rings is 1. The maximum Gasteiger partial charge on any atom is 0.0686 e. The molecule has 2 nitrogen and oxygen atoms in total. The van der Waals surface area contributed by atoms with Gasteiger partial charge in [0.1, 0.15) is 0 Å². The van der Waals surface area contributed by atoms with E-state index in [0.717, 1.165) is 30.5 Å². The minimum atomic E-state index is 0.287. The smallest absolute Gasteiger partial charge is 0.0686 e. The highest BCUT2D eigenvalue weighted by Gasteiger charge is 2.34. The molecule has 3 rings (SSSR count). The first-order chi connectivity index (χ1) is 9.63. The Labute approximate surface area is 129 Å². The van der Waals surface area contributed by atoms with E-state index in [1.165, 1.54) is 16.7 Å². The predicted molar refractivity (Wildman–Crippen MR) is 84.6 cm³/mol. The molecule has 1 aliphatic heterocycles. The fraction of sp³-hybridized carbons (Fsp3) is 0.529. The molecule has 1 aromatic rings.